The van der Waals surface area contributed by atoms with Crippen LogP contribution in [-0.2, 0) is 16.1 Å². The van der Waals surface area contributed by atoms with Crippen LogP contribution in [0.4, 0.5) is 33.5 Å². The summed E-state index contributed by atoms with van der Waals surface area (Å²) in [5.41, 5.74) is 2.46. The monoisotopic (exact) mass is 493 g/mol. The van der Waals surface area contributed by atoms with Gasteiger partial charge in [-0.2, -0.15) is 22.0 Å². The van der Waals surface area contributed by atoms with Gasteiger partial charge in [-0.05, 0) is 41.3 Å². The number of rotatable bonds is 7. The standard InChI is InChI=1S/C24H20F5N3O3/c1-14-11-12-30-20(19(14)32-22(34)23(25,26)24(27,28)29)31-13-15-7-9-16(10-8-15)17-5-3-4-6-18(17)21(33)35-2/h3-12H,13H2,1-2H3,(H,30,31)(H,32,34). The summed E-state index contributed by atoms with van der Waals surface area (Å²) in [7, 11) is 1.29. The van der Waals surface area contributed by atoms with Gasteiger partial charge in [-0.15, -0.1) is 0 Å². The van der Waals surface area contributed by atoms with Crippen LogP contribution in [0.5, 0.6) is 0 Å². The van der Waals surface area contributed by atoms with Gasteiger partial charge in [0.15, 0.2) is 0 Å². The third-order valence-electron chi connectivity index (χ3n) is 5.10. The summed E-state index contributed by atoms with van der Waals surface area (Å²) in [5, 5.41) is 4.47. The highest BCUT2D eigenvalue weighted by molar-refractivity contribution is 5.99. The van der Waals surface area contributed by atoms with Crippen molar-refractivity contribution in [1.29, 1.82) is 0 Å². The van der Waals surface area contributed by atoms with Crippen LogP contribution in [0.1, 0.15) is 21.5 Å². The second-order valence-electron chi connectivity index (χ2n) is 7.47. The number of nitrogens with zero attached hydrogens (tertiary/aromatic N) is 1. The molecule has 35 heavy (non-hydrogen) atoms. The predicted octanol–water partition coefficient (Wildman–Crippen LogP) is 5.59. The number of nitrogens with one attached hydrogen (secondary N) is 2. The fourth-order valence-corrected chi connectivity index (χ4v) is 3.18. The van der Waals surface area contributed by atoms with Gasteiger partial charge in [-0.1, -0.05) is 42.5 Å². The van der Waals surface area contributed by atoms with E-state index in [1.165, 1.54) is 26.3 Å². The molecule has 3 aromatic rings. The van der Waals surface area contributed by atoms with Crippen LogP contribution in [0.15, 0.2) is 60.8 Å². The maximum atomic E-state index is 13.4. The Labute approximate surface area is 197 Å². The Hall–Kier alpha value is -4.02. The molecule has 0 fully saturated rings. The minimum atomic E-state index is -6.03. The van der Waals surface area contributed by atoms with Crippen molar-refractivity contribution in [2.24, 2.45) is 0 Å². The Morgan fingerprint density at radius 3 is 2.26 bits per heavy atom. The zero-order valence-corrected chi connectivity index (χ0v) is 18.5. The highest BCUT2D eigenvalue weighted by Crippen LogP contribution is 2.37. The van der Waals surface area contributed by atoms with Crippen LogP contribution in [0.25, 0.3) is 11.1 Å². The minimum Gasteiger partial charge on any atom is -0.465 e. The molecule has 0 unspecified atom stereocenters. The Bertz CT molecular complexity index is 1230. The number of aryl methyl sites for hydroxylation is 1. The molecular formula is C24H20F5N3O3. The number of hydrogen-bond acceptors (Lipinski definition) is 5. The first-order chi connectivity index (χ1) is 16.5. The van der Waals surface area contributed by atoms with Gasteiger partial charge in [-0.25, -0.2) is 9.78 Å². The Kier molecular flexibility index (Phi) is 7.37. The summed E-state index contributed by atoms with van der Waals surface area (Å²) >= 11 is 0. The molecule has 3 rings (SSSR count). The van der Waals surface area contributed by atoms with Crippen molar-refractivity contribution >= 4 is 23.4 Å². The quantitative estimate of drug-likeness (QED) is 0.331. The molecule has 1 amide bonds. The number of carbonyl (C=O) groups is 2. The van der Waals surface area contributed by atoms with Gasteiger partial charge < -0.3 is 15.4 Å². The number of ether oxygens (including phenoxy) is 1. The van der Waals surface area contributed by atoms with Crippen LogP contribution in [0, 0.1) is 6.92 Å². The number of hydrogen-bond donors (Lipinski definition) is 2. The van der Waals surface area contributed by atoms with E-state index in [1.807, 2.05) is 0 Å². The number of anilines is 2. The topological polar surface area (TPSA) is 80.3 Å². The van der Waals surface area contributed by atoms with Crippen LogP contribution in [-0.4, -0.2) is 36.1 Å². The third-order valence-corrected chi connectivity index (χ3v) is 5.10. The largest absolute Gasteiger partial charge is 0.465 e. The smallest absolute Gasteiger partial charge is 0.463 e. The first kappa shape index (κ1) is 25.6. The van der Waals surface area contributed by atoms with Crippen molar-refractivity contribution in [3.8, 4) is 11.1 Å². The summed E-state index contributed by atoms with van der Waals surface area (Å²) in [5.74, 6) is -8.63. The van der Waals surface area contributed by atoms with Crippen molar-refractivity contribution in [2.45, 2.75) is 25.6 Å². The molecule has 11 heteroatoms. The van der Waals surface area contributed by atoms with Crippen LogP contribution in [0.3, 0.4) is 0 Å². The van der Waals surface area contributed by atoms with E-state index in [4.69, 9.17) is 4.74 Å². The van der Waals surface area contributed by atoms with E-state index in [0.717, 1.165) is 5.56 Å². The van der Waals surface area contributed by atoms with Gasteiger partial charge in [0, 0.05) is 12.7 Å². The Morgan fingerprint density at radius 1 is 0.971 bits per heavy atom. The molecule has 6 nitrogen and oxygen atoms in total. The molecule has 1 aromatic heterocycles. The number of carbonyl (C=O) groups excluding carboxylic acids is 2. The molecule has 0 aliphatic rings. The summed E-state index contributed by atoms with van der Waals surface area (Å²) in [6.07, 6.45) is -4.71. The van der Waals surface area contributed by atoms with Gasteiger partial charge in [0.05, 0.1) is 18.4 Å². The molecule has 2 N–H and O–H groups in total. The number of methoxy groups -OCH3 is 1. The molecular weight excluding hydrogens is 473 g/mol. The maximum Gasteiger partial charge on any atom is 0.463 e. The van der Waals surface area contributed by atoms with Gasteiger partial charge in [0.2, 0.25) is 0 Å². The lowest BCUT2D eigenvalue weighted by Gasteiger charge is -2.20. The molecule has 0 radical (unpaired) electrons. The SMILES string of the molecule is COC(=O)c1ccccc1-c1ccc(CNc2nccc(C)c2NC(=O)C(F)(F)C(F)(F)F)cc1. The van der Waals surface area contributed by atoms with E-state index >= 15 is 0 Å². The van der Waals surface area contributed by atoms with Crippen molar-refractivity contribution in [3.63, 3.8) is 0 Å². The number of amides is 1. The fraction of sp³-hybridized carbons (Fsp3) is 0.208. The minimum absolute atomic E-state index is 0.0727. The molecule has 0 bridgehead atoms. The Morgan fingerprint density at radius 2 is 1.63 bits per heavy atom. The lowest BCUT2D eigenvalue weighted by atomic mass is 9.98. The van der Waals surface area contributed by atoms with E-state index in [2.05, 4.69) is 10.3 Å². The van der Waals surface area contributed by atoms with Crippen LogP contribution in [0.2, 0.25) is 0 Å². The molecule has 1 heterocycles. The van der Waals surface area contributed by atoms with Crippen molar-refractivity contribution in [2.75, 3.05) is 17.7 Å². The third kappa shape index (κ3) is 5.56. The summed E-state index contributed by atoms with van der Waals surface area (Å²) in [4.78, 5) is 27.6. The fourth-order valence-electron chi connectivity index (χ4n) is 3.18. The number of aromatic nitrogens is 1. The van der Waals surface area contributed by atoms with Crippen molar-refractivity contribution in [1.82, 2.24) is 4.98 Å². The summed E-state index contributed by atoms with van der Waals surface area (Å²) in [6.45, 7) is 1.55. The zero-order chi connectivity index (χ0) is 25.8. The number of esters is 1. The second kappa shape index (κ2) is 10.1. The van der Waals surface area contributed by atoms with Crippen LogP contribution >= 0.6 is 0 Å². The first-order valence-corrected chi connectivity index (χ1v) is 10.2. The molecule has 184 valence electrons. The molecule has 0 saturated carbocycles. The number of halogens is 5. The normalized spacial score (nSPS) is 11.6. The van der Waals surface area contributed by atoms with Gasteiger partial charge >= 0.3 is 24.0 Å². The lowest BCUT2D eigenvalue weighted by molar-refractivity contribution is -0.267. The number of benzene rings is 2. The van der Waals surface area contributed by atoms with E-state index in [0.29, 0.717) is 16.7 Å². The lowest BCUT2D eigenvalue weighted by Crippen LogP contribution is -2.47. The number of pyridine rings is 1. The highest BCUT2D eigenvalue weighted by Gasteiger charge is 2.63. The molecule has 0 atom stereocenters. The van der Waals surface area contributed by atoms with Gasteiger partial charge in [0.25, 0.3) is 0 Å². The van der Waals surface area contributed by atoms with E-state index in [9.17, 15) is 31.5 Å². The first-order valence-electron chi connectivity index (χ1n) is 10.2. The van der Waals surface area contributed by atoms with Gasteiger partial charge in [0.1, 0.15) is 5.82 Å². The summed E-state index contributed by atoms with van der Waals surface area (Å²) in [6, 6.07) is 15.2. The highest BCUT2D eigenvalue weighted by atomic mass is 19.4. The molecule has 0 saturated heterocycles. The molecule has 2 aromatic carbocycles. The van der Waals surface area contributed by atoms with Crippen LogP contribution < -0.4 is 10.6 Å². The molecule has 0 spiro atoms. The zero-order valence-electron chi connectivity index (χ0n) is 18.5. The average molecular weight is 493 g/mol. The van der Waals surface area contributed by atoms with Gasteiger partial charge in [-0.3, -0.25) is 4.79 Å². The average Bonchev–Trinajstić information content (AvgIpc) is 2.83. The van der Waals surface area contributed by atoms with E-state index in [1.54, 1.807) is 53.8 Å². The second-order valence-corrected chi connectivity index (χ2v) is 7.47. The van der Waals surface area contributed by atoms with Crippen molar-refractivity contribution < 1.29 is 36.3 Å². The molecule has 0 aliphatic carbocycles. The number of alkyl halides is 5. The molecule has 0 aliphatic heterocycles. The summed E-state index contributed by atoms with van der Waals surface area (Å²) < 4.78 is 69.2. The maximum absolute atomic E-state index is 13.4. The van der Waals surface area contributed by atoms with E-state index < -0.39 is 24.0 Å². The predicted molar refractivity (Wildman–Crippen MR) is 119 cm³/mol. The van der Waals surface area contributed by atoms with Crippen molar-refractivity contribution in [3.05, 3.63) is 77.5 Å². The Balaban J connectivity index is 1.78. The van der Waals surface area contributed by atoms with E-state index in [-0.39, 0.29) is 23.6 Å².